The van der Waals surface area contributed by atoms with Crippen LogP contribution in [0.25, 0.3) is 10.9 Å². The fourth-order valence-corrected chi connectivity index (χ4v) is 2.19. The number of fused-ring (bicyclic) bond motifs is 1. The number of aldehydes is 1. The van der Waals surface area contributed by atoms with Crippen LogP contribution < -0.4 is 0 Å². The molecule has 0 amide bonds. The van der Waals surface area contributed by atoms with E-state index in [-0.39, 0.29) is 0 Å². The second-order valence-electron chi connectivity index (χ2n) is 4.34. The number of carbonyl (C=O) groups excluding carboxylic acids is 1. The number of rotatable bonds is 2. The minimum absolute atomic E-state index is 0.586. The molecular formula is C13H12ClNO. The lowest BCUT2D eigenvalue weighted by atomic mass is 9.85. The van der Waals surface area contributed by atoms with Crippen LogP contribution in [0.4, 0.5) is 0 Å². The van der Waals surface area contributed by atoms with Gasteiger partial charge in [-0.25, -0.2) is 0 Å². The third kappa shape index (κ3) is 1.69. The standard InChI is InChI=1S/C13H12ClNO/c1-13(2,8-16)11-10(14)6-5-9-4-3-7-15-12(9)11/h3-8H,1-2H3. The molecule has 0 radical (unpaired) electrons. The SMILES string of the molecule is CC(C)(C=O)c1c(Cl)ccc2cccnc12. The Morgan fingerprint density at radius 3 is 2.75 bits per heavy atom. The van der Waals surface area contributed by atoms with Crippen LogP contribution in [0.1, 0.15) is 19.4 Å². The van der Waals surface area contributed by atoms with E-state index in [9.17, 15) is 4.79 Å². The van der Waals surface area contributed by atoms with E-state index in [1.54, 1.807) is 6.20 Å². The van der Waals surface area contributed by atoms with Crippen molar-refractivity contribution in [3.63, 3.8) is 0 Å². The van der Waals surface area contributed by atoms with Crippen LogP contribution in [0, 0.1) is 0 Å². The zero-order valence-corrected chi connectivity index (χ0v) is 9.95. The quantitative estimate of drug-likeness (QED) is 0.745. The van der Waals surface area contributed by atoms with Crippen molar-refractivity contribution in [3.8, 4) is 0 Å². The molecule has 0 aliphatic heterocycles. The maximum absolute atomic E-state index is 11.1. The topological polar surface area (TPSA) is 30.0 Å². The lowest BCUT2D eigenvalue weighted by Crippen LogP contribution is -2.20. The summed E-state index contributed by atoms with van der Waals surface area (Å²) in [6.45, 7) is 3.69. The van der Waals surface area contributed by atoms with Gasteiger partial charge in [0, 0.05) is 27.6 Å². The third-order valence-corrected chi connectivity index (χ3v) is 2.98. The second-order valence-corrected chi connectivity index (χ2v) is 4.74. The first-order valence-corrected chi connectivity index (χ1v) is 5.44. The van der Waals surface area contributed by atoms with E-state index in [1.165, 1.54) is 0 Å². The molecule has 0 saturated heterocycles. The Labute approximate surface area is 99.3 Å². The summed E-state index contributed by atoms with van der Waals surface area (Å²) in [6, 6.07) is 7.55. The molecule has 0 unspecified atom stereocenters. The van der Waals surface area contributed by atoms with Gasteiger partial charge in [0.2, 0.25) is 0 Å². The molecule has 3 heteroatoms. The zero-order chi connectivity index (χ0) is 11.8. The summed E-state index contributed by atoms with van der Waals surface area (Å²) >= 11 is 6.17. The molecule has 1 aromatic heterocycles. The highest BCUT2D eigenvalue weighted by atomic mass is 35.5. The molecule has 0 atom stereocenters. The Morgan fingerprint density at radius 2 is 2.06 bits per heavy atom. The predicted molar refractivity (Wildman–Crippen MR) is 65.8 cm³/mol. The summed E-state index contributed by atoms with van der Waals surface area (Å²) in [5.74, 6) is 0. The summed E-state index contributed by atoms with van der Waals surface area (Å²) in [6.07, 6.45) is 2.62. The van der Waals surface area contributed by atoms with Crippen LogP contribution >= 0.6 is 11.6 Å². The molecule has 0 saturated carbocycles. The number of benzene rings is 1. The highest BCUT2D eigenvalue weighted by molar-refractivity contribution is 6.32. The van der Waals surface area contributed by atoms with E-state index in [4.69, 9.17) is 11.6 Å². The van der Waals surface area contributed by atoms with Gasteiger partial charge in [0.1, 0.15) is 6.29 Å². The molecule has 0 aliphatic carbocycles. The fourth-order valence-electron chi connectivity index (χ4n) is 1.79. The van der Waals surface area contributed by atoms with E-state index >= 15 is 0 Å². The van der Waals surface area contributed by atoms with Crippen LogP contribution in [0.2, 0.25) is 5.02 Å². The molecular weight excluding hydrogens is 222 g/mol. The van der Waals surface area contributed by atoms with Crippen LogP contribution in [0.15, 0.2) is 30.5 Å². The first-order valence-electron chi connectivity index (χ1n) is 5.06. The molecule has 0 spiro atoms. The lowest BCUT2D eigenvalue weighted by Gasteiger charge is -2.20. The first-order chi connectivity index (χ1) is 7.56. The van der Waals surface area contributed by atoms with Crippen molar-refractivity contribution >= 4 is 28.8 Å². The van der Waals surface area contributed by atoms with Gasteiger partial charge in [0.15, 0.2) is 0 Å². The van der Waals surface area contributed by atoms with Gasteiger partial charge < -0.3 is 4.79 Å². The Kier molecular flexibility index (Phi) is 2.68. The smallest absolute Gasteiger partial charge is 0.130 e. The van der Waals surface area contributed by atoms with Crippen LogP contribution in [-0.2, 0) is 10.2 Å². The average Bonchev–Trinajstić information content (AvgIpc) is 2.28. The van der Waals surface area contributed by atoms with Crippen molar-refractivity contribution in [1.82, 2.24) is 4.98 Å². The molecule has 0 bridgehead atoms. The first kappa shape index (κ1) is 11.1. The van der Waals surface area contributed by atoms with Crippen LogP contribution in [-0.4, -0.2) is 11.3 Å². The molecule has 2 nitrogen and oxygen atoms in total. The van der Waals surface area contributed by atoms with E-state index in [2.05, 4.69) is 4.98 Å². The van der Waals surface area contributed by atoms with Crippen molar-refractivity contribution in [2.75, 3.05) is 0 Å². The Balaban J connectivity index is 2.86. The van der Waals surface area contributed by atoms with Gasteiger partial charge in [-0.3, -0.25) is 4.98 Å². The second kappa shape index (κ2) is 3.87. The summed E-state index contributed by atoms with van der Waals surface area (Å²) in [7, 11) is 0. The number of hydrogen-bond donors (Lipinski definition) is 0. The highest BCUT2D eigenvalue weighted by Crippen LogP contribution is 2.33. The lowest BCUT2D eigenvalue weighted by molar-refractivity contribution is -0.111. The normalized spacial score (nSPS) is 11.7. The number of halogens is 1. The Hall–Kier alpha value is -1.41. The number of nitrogens with zero attached hydrogens (tertiary/aromatic N) is 1. The summed E-state index contributed by atoms with van der Waals surface area (Å²) in [4.78, 5) is 15.4. The van der Waals surface area contributed by atoms with E-state index in [0.29, 0.717) is 5.02 Å². The predicted octanol–water partition coefficient (Wildman–Crippen LogP) is 3.36. The highest BCUT2D eigenvalue weighted by Gasteiger charge is 2.25. The van der Waals surface area contributed by atoms with Crippen molar-refractivity contribution in [1.29, 1.82) is 0 Å². The molecule has 0 aliphatic rings. The van der Waals surface area contributed by atoms with E-state index in [1.807, 2.05) is 38.1 Å². The van der Waals surface area contributed by atoms with E-state index in [0.717, 1.165) is 22.8 Å². The van der Waals surface area contributed by atoms with Crippen molar-refractivity contribution < 1.29 is 4.79 Å². The minimum Gasteiger partial charge on any atom is -0.302 e. The van der Waals surface area contributed by atoms with Crippen molar-refractivity contribution in [2.24, 2.45) is 0 Å². The summed E-state index contributed by atoms with van der Waals surface area (Å²) in [5, 5.41) is 1.58. The van der Waals surface area contributed by atoms with Gasteiger partial charge in [-0.2, -0.15) is 0 Å². The minimum atomic E-state index is -0.620. The molecule has 16 heavy (non-hydrogen) atoms. The van der Waals surface area contributed by atoms with Gasteiger partial charge in [0.25, 0.3) is 0 Å². The van der Waals surface area contributed by atoms with Gasteiger partial charge in [-0.1, -0.05) is 23.7 Å². The van der Waals surface area contributed by atoms with Crippen molar-refractivity contribution in [3.05, 3.63) is 41.0 Å². The number of pyridine rings is 1. The molecule has 0 N–H and O–H groups in total. The summed E-state index contributed by atoms with van der Waals surface area (Å²) < 4.78 is 0. The molecule has 1 heterocycles. The van der Waals surface area contributed by atoms with Gasteiger partial charge >= 0.3 is 0 Å². The largest absolute Gasteiger partial charge is 0.302 e. The number of aromatic nitrogens is 1. The van der Waals surface area contributed by atoms with Crippen LogP contribution in [0.5, 0.6) is 0 Å². The number of hydrogen-bond acceptors (Lipinski definition) is 2. The Morgan fingerprint density at radius 1 is 1.31 bits per heavy atom. The Bertz CT molecular complexity index is 549. The molecule has 82 valence electrons. The molecule has 1 aromatic carbocycles. The van der Waals surface area contributed by atoms with Crippen molar-refractivity contribution in [2.45, 2.75) is 19.3 Å². The summed E-state index contributed by atoms with van der Waals surface area (Å²) in [5.41, 5.74) is 0.972. The van der Waals surface area contributed by atoms with Gasteiger partial charge in [-0.05, 0) is 26.0 Å². The third-order valence-electron chi connectivity index (χ3n) is 2.66. The van der Waals surface area contributed by atoms with Gasteiger partial charge in [0.05, 0.1) is 5.52 Å². The van der Waals surface area contributed by atoms with Gasteiger partial charge in [-0.15, -0.1) is 0 Å². The van der Waals surface area contributed by atoms with Crippen LogP contribution in [0.3, 0.4) is 0 Å². The number of carbonyl (C=O) groups is 1. The molecule has 2 rings (SSSR count). The van der Waals surface area contributed by atoms with E-state index < -0.39 is 5.41 Å². The molecule has 0 fully saturated rings. The maximum atomic E-state index is 11.1. The monoisotopic (exact) mass is 233 g/mol. The molecule has 2 aromatic rings. The maximum Gasteiger partial charge on any atom is 0.130 e. The average molecular weight is 234 g/mol. The fraction of sp³-hybridized carbons (Fsp3) is 0.231. The zero-order valence-electron chi connectivity index (χ0n) is 9.20.